The average molecular weight is 992 g/mol. The van der Waals surface area contributed by atoms with Gasteiger partial charge in [-0.1, -0.05) is 141 Å². The number of hydrogen-bond donors (Lipinski definition) is 0. The zero-order valence-electron chi connectivity index (χ0n) is 43.7. The average Bonchev–Trinajstić information content (AvgIpc) is 3.92. The molecule has 0 saturated carbocycles. The molecule has 0 atom stereocenters. The van der Waals surface area contributed by atoms with Crippen LogP contribution in [0.3, 0.4) is 0 Å². The van der Waals surface area contributed by atoms with Gasteiger partial charge in [0.1, 0.15) is 5.82 Å². The molecule has 0 aliphatic carbocycles. The van der Waals surface area contributed by atoms with Gasteiger partial charge in [-0.2, -0.15) is 12.1 Å². The Balaban J connectivity index is 0.00000596. The minimum atomic E-state index is -0.530. The number of fused-ring (bicyclic) bond motifs is 5. The fourth-order valence-corrected chi connectivity index (χ4v) is 8.12. The second-order valence-corrected chi connectivity index (χ2v) is 15.9. The van der Waals surface area contributed by atoms with Crippen molar-refractivity contribution in [3.05, 3.63) is 229 Å². The number of rotatable bonds is 7. The second kappa shape index (κ2) is 15.9. The molecule has 6 aromatic carbocycles. The largest absolute Gasteiger partial charge is 0.509 e. The molecule has 0 bridgehead atoms. The number of nitrogens with zero attached hydrogens (tertiary/aromatic N) is 5. The van der Waals surface area contributed by atoms with Crippen molar-refractivity contribution in [2.75, 3.05) is 9.80 Å². The maximum absolute atomic E-state index is 9.09. The van der Waals surface area contributed by atoms with Crippen LogP contribution in [0, 0.1) is 18.8 Å². The second-order valence-electron chi connectivity index (χ2n) is 15.9. The Labute approximate surface area is 391 Å². The van der Waals surface area contributed by atoms with E-state index in [1.54, 1.807) is 18.4 Å². The summed E-state index contributed by atoms with van der Waals surface area (Å²) in [5.74, 6) is 5.67. The first-order chi connectivity index (χ1) is 34.0. The normalized spacial score (nSPS) is 16.9. The van der Waals surface area contributed by atoms with Crippen LogP contribution in [0.5, 0.6) is 11.5 Å². The molecule has 6 nitrogen and oxygen atoms in total. The van der Waals surface area contributed by atoms with E-state index in [-0.39, 0.29) is 49.7 Å². The zero-order chi connectivity index (χ0) is 49.8. The van der Waals surface area contributed by atoms with Gasteiger partial charge in [0, 0.05) is 67.4 Å². The first-order valence-corrected chi connectivity index (χ1v) is 19.9. The van der Waals surface area contributed by atoms with E-state index in [4.69, 9.17) is 23.4 Å². The molecule has 5 heterocycles. The van der Waals surface area contributed by atoms with Crippen LogP contribution in [0.2, 0.25) is 0 Å². The first kappa shape index (κ1) is 29.4. The molecule has 0 spiro atoms. The summed E-state index contributed by atoms with van der Waals surface area (Å²) >= 11 is 0. The van der Waals surface area contributed by atoms with Crippen LogP contribution in [-0.4, -0.2) is 21.2 Å². The van der Waals surface area contributed by atoms with Crippen molar-refractivity contribution >= 4 is 56.9 Å². The summed E-state index contributed by atoms with van der Waals surface area (Å²) in [5.41, 5.74) is 5.40. The number of para-hydroxylation sites is 3. The van der Waals surface area contributed by atoms with E-state index < -0.39 is 55.2 Å². The van der Waals surface area contributed by atoms with Crippen molar-refractivity contribution in [2.45, 2.75) is 26.2 Å². The summed E-state index contributed by atoms with van der Waals surface area (Å²) in [4.78, 5) is 10.4. The molecule has 2 aromatic heterocycles. The van der Waals surface area contributed by atoms with Gasteiger partial charge in [-0.15, -0.1) is 48.1 Å². The molecule has 62 heavy (non-hydrogen) atoms. The predicted octanol–water partition coefficient (Wildman–Crippen LogP) is 12.9. The predicted molar refractivity (Wildman–Crippen MR) is 250 cm³/mol. The third-order valence-corrected chi connectivity index (χ3v) is 11.1. The Kier molecular flexibility index (Phi) is 7.55. The van der Waals surface area contributed by atoms with Gasteiger partial charge in [0.05, 0.1) is 19.5 Å². The van der Waals surface area contributed by atoms with Crippen molar-refractivity contribution in [3.8, 4) is 17.3 Å². The molecule has 0 amide bonds. The van der Waals surface area contributed by atoms with E-state index in [0.29, 0.717) is 39.8 Å². The van der Waals surface area contributed by atoms with E-state index >= 15 is 0 Å². The minimum absolute atomic E-state index is 0. The Hall–Kier alpha value is -6.82. The molecule has 8 heteroatoms. The third kappa shape index (κ3) is 6.97. The molecule has 304 valence electrons. The summed E-state index contributed by atoms with van der Waals surface area (Å²) < 4.78 is 95.2. The number of hydrogen-bond acceptors (Lipinski definition) is 5. The number of aromatic nitrogens is 2. The van der Waals surface area contributed by atoms with Crippen molar-refractivity contribution in [1.82, 2.24) is 14.4 Å². The van der Waals surface area contributed by atoms with Crippen LogP contribution >= 0.6 is 0 Å². The van der Waals surface area contributed by atoms with Crippen LogP contribution < -0.4 is 14.5 Å². The minimum Gasteiger partial charge on any atom is -0.509 e. The van der Waals surface area contributed by atoms with Crippen molar-refractivity contribution in [3.63, 3.8) is 0 Å². The maximum Gasteiger partial charge on any atom is 0.314 e. The van der Waals surface area contributed by atoms with Crippen LogP contribution in [0.15, 0.2) is 194 Å². The van der Waals surface area contributed by atoms with E-state index in [0.717, 1.165) is 38.9 Å². The van der Waals surface area contributed by atoms with E-state index in [1.807, 2.05) is 112 Å². The fourth-order valence-electron chi connectivity index (χ4n) is 8.12. The molecule has 3 aliphatic heterocycles. The topological polar surface area (TPSA) is 36.8 Å². The van der Waals surface area contributed by atoms with Gasteiger partial charge < -0.3 is 23.9 Å². The van der Waals surface area contributed by atoms with E-state index in [2.05, 4.69) is 55.7 Å². The van der Waals surface area contributed by atoms with Gasteiger partial charge in [0.15, 0.2) is 0 Å². The van der Waals surface area contributed by atoms with Gasteiger partial charge in [0.25, 0.3) is 0 Å². The number of ether oxygens (including phenoxy) is 1. The molecular formula is C54H41BN5OPt-3. The molecule has 0 saturated heterocycles. The Bertz CT molecular complexity index is 3660. The van der Waals surface area contributed by atoms with Gasteiger partial charge in [-0.3, -0.25) is 0 Å². The summed E-state index contributed by atoms with van der Waals surface area (Å²) in [6.45, 7) is 7.86. The third-order valence-electron chi connectivity index (χ3n) is 11.1. The van der Waals surface area contributed by atoms with Crippen molar-refractivity contribution in [1.29, 1.82) is 0 Å². The molecule has 0 radical (unpaired) electrons. The number of pyridine rings is 1. The number of benzene rings is 6. The smallest absolute Gasteiger partial charge is 0.314 e. The van der Waals surface area contributed by atoms with Gasteiger partial charge in [-0.25, -0.2) is 4.98 Å². The van der Waals surface area contributed by atoms with Crippen molar-refractivity contribution < 1.29 is 39.5 Å². The molecule has 3 aliphatic rings. The Morgan fingerprint density at radius 2 is 1.42 bits per heavy atom. The van der Waals surface area contributed by atoms with E-state index in [1.165, 1.54) is 0 Å². The molecule has 0 N–H and O–H groups in total. The molecular weight excluding hydrogens is 941 g/mol. The fraction of sp³-hybridized carbons (Fsp3) is 0.0741. The molecule has 11 rings (SSSR count). The van der Waals surface area contributed by atoms with Crippen LogP contribution in [-0.2, 0) is 26.5 Å². The maximum atomic E-state index is 9.09. The molecule has 0 fully saturated rings. The zero-order valence-corrected chi connectivity index (χ0v) is 36.0. The van der Waals surface area contributed by atoms with Crippen LogP contribution in [0.1, 0.15) is 51.2 Å². The summed E-state index contributed by atoms with van der Waals surface area (Å²) in [5, 5.41) is 2.05. The van der Waals surface area contributed by atoms with E-state index in [9.17, 15) is 0 Å². The van der Waals surface area contributed by atoms with Gasteiger partial charge in [-0.05, 0) is 63.4 Å². The Morgan fingerprint density at radius 1 is 0.710 bits per heavy atom. The quantitative estimate of drug-likeness (QED) is 0.117. The molecule has 8 aromatic rings. The summed E-state index contributed by atoms with van der Waals surface area (Å²) in [6.07, 6.45) is 6.96. The number of allylic oxidation sites excluding steroid dienone is 4. The first-order valence-electron chi connectivity index (χ1n) is 24.9. The standard InChI is InChI=1S/C54H41BN5O.Pt/c1-54(2,3)41-29-32-56-52(33-41)60-48-22-11-10-21-46(48)47-26-25-44(35-51(47)60)61-43-20-14-19-42(34-43)57-37-58(50-24-13-12-23-49(50)57)53-45(39-17-8-5-9-18-39)28-31-55-30-27-40(36-59(53)55)38-15-6-4-7-16-38;/h4-33,36-37H,1-3H3;/q-3;/i4D,5D,6D,7D,8D,9D,15D,16D,17D,18D;. The van der Waals surface area contributed by atoms with Gasteiger partial charge in [0.2, 0.25) is 0 Å². The van der Waals surface area contributed by atoms with Crippen LogP contribution in [0.25, 0.3) is 38.8 Å². The number of anilines is 3. The molecule has 0 unspecified atom stereocenters. The summed E-state index contributed by atoms with van der Waals surface area (Å²) in [7, 11) is 0. The monoisotopic (exact) mass is 991 g/mol. The Morgan fingerprint density at radius 3 is 2.21 bits per heavy atom. The summed E-state index contributed by atoms with van der Waals surface area (Å²) in [6, 6.07) is 31.9. The SMILES string of the molecule is [2H]c1c([2H])c([2H])c(C2=CN3B(C=C2)C=CC(c2c([2H])c([2H])c([2H])c([2H])c2[2H])=C3N2[CH-]N(c3[c-]c(Oc4[c-]c5c(cc4)c4ccccc4n5-c4cc(C(C)(C)C)ccn4)ccc3)c3ccccc32)c([2H])c1[2H].[Pt]. The van der Waals surface area contributed by atoms with Crippen LogP contribution in [0.4, 0.5) is 17.1 Å². The van der Waals surface area contributed by atoms with Gasteiger partial charge >= 0.3 is 6.85 Å². The van der Waals surface area contributed by atoms with Crippen molar-refractivity contribution in [2.24, 2.45) is 0 Å².